The van der Waals surface area contributed by atoms with Crippen LogP contribution in [0.2, 0.25) is 0 Å². The summed E-state index contributed by atoms with van der Waals surface area (Å²) in [6.45, 7) is 17.2. The first-order valence-electron chi connectivity index (χ1n) is 17.0. The van der Waals surface area contributed by atoms with Crippen LogP contribution in [0.5, 0.6) is 0 Å². The van der Waals surface area contributed by atoms with Crippen molar-refractivity contribution in [2.45, 2.75) is 136 Å². The number of rotatable bonds is 3. The van der Waals surface area contributed by atoms with Crippen molar-refractivity contribution < 1.29 is 39.4 Å². The maximum Gasteiger partial charge on any atom is 0.186 e. The lowest BCUT2D eigenvalue weighted by atomic mass is 9.35. The van der Waals surface area contributed by atoms with E-state index in [1.54, 1.807) is 0 Å². The molecule has 3 saturated heterocycles. The van der Waals surface area contributed by atoms with Crippen LogP contribution in [0.3, 0.4) is 0 Å². The fraction of sp³-hybridized carbons (Fsp3) is 0.943. The first-order valence-corrected chi connectivity index (χ1v) is 17.0. The normalized spacial score (nSPS) is 58.6. The predicted molar refractivity (Wildman–Crippen MR) is 160 cm³/mol. The number of fused-ring (bicyclic) bond motifs is 4. The van der Waals surface area contributed by atoms with Crippen LogP contribution < -0.4 is 0 Å². The van der Waals surface area contributed by atoms with Crippen molar-refractivity contribution in [2.75, 3.05) is 19.8 Å². The van der Waals surface area contributed by atoms with Gasteiger partial charge in [-0.3, -0.25) is 0 Å². The molecular formula is C35H56O8. The Balaban J connectivity index is 1.17. The molecule has 0 radical (unpaired) electrons. The number of hydrogen-bond donors (Lipinski definition) is 4. The average Bonchev–Trinajstić information content (AvgIpc) is 3.45. The largest absolute Gasteiger partial charge is 0.389 e. The lowest BCUT2D eigenvalue weighted by molar-refractivity contribution is -0.340. The summed E-state index contributed by atoms with van der Waals surface area (Å²) >= 11 is 0. The molecule has 7 aliphatic rings. The highest BCUT2D eigenvalue weighted by molar-refractivity contribution is 5.27. The van der Waals surface area contributed by atoms with Crippen molar-refractivity contribution in [3.05, 3.63) is 11.6 Å². The summed E-state index contributed by atoms with van der Waals surface area (Å²) < 4.78 is 25.6. The highest BCUT2D eigenvalue weighted by Gasteiger charge is 2.81. The average molecular weight is 605 g/mol. The topological polar surface area (TPSA) is 118 Å². The van der Waals surface area contributed by atoms with Gasteiger partial charge in [-0.1, -0.05) is 39.3 Å². The molecule has 244 valence electrons. The number of allylic oxidation sites excluding steroid dienone is 1. The number of aliphatic hydroxyl groups excluding tert-OH is 3. The molecule has 7 fully saturated rings. The van der Waals surface area contributed by atoms with Gasteiger partial charge in [-0.2, -0.15) is 0 Å². The number of aliphatic hydroxyl groups is 4. The highest BCUT2D eigenvalue weighted by atomic mass is 16.7. The van der Waals surface area contributed by atoms with Crippen LogP contribution in [-0.2, 0) is 18.9 Å². The van der Waals surface area contributed by atoms with Crippen LogP contribution in [0.25, 0.3) is 0 Å². The van der Waals surface area contributed by atoms with E-state index in [-0.39, 0.29) is 46.2 Å². The molecule has 2 spiro atoms. The summed E-state index contributed by atoms with van der Waals surface area (Å²) in [6.07, 6.45) is 4.75. The molecule has 0 unspecified atom stereocenters. The zero-order valence-electron chi connectivity index (χ0n) is 27.3. The molecule has 2 bridgehead atoms. The minimum atomic E-state index is -1.27. The number of ether oxygens (including phenoxy) is 4. The second kappa shape index (κ2) is 9.72. The Bertz CT molecular complexity index is 1150. The van der Waals surface area contributed by atoms with E-state index in [0.29, 0.717) is 24.4 Å². The predicted octanol–water partition coefficient (Wildman–Crippen LogP) is 4.18. The van der Waals surface area contributed by atoms with Gasteiger partial charge in [-0.25, -0.2) is 0 Å². The van der Waals surface area contributed by atoms with Gasteiger partial charge in [-0.05, 0) is 93.3 Å². The Morgan fingerprint density at radius 2 is 1.60 bits per heavy atom. The zero-order valence-corrected chi connectivity index (χ0v) is 27.3. The summed E-state index contributed by atoms with van der Waals surface area (Å²) in [5.41, 5.74) is 0.377. The fourth-order valence-corrected chi connectivity index (χ4v) is 12.8. The smallest absolute Gasteiger partial charge is 0.186 e. The molecule has 15 atom stereocenters. The van der Waals surface area contributed by atoms with E-state index >= 15 is 0 Å². The Labute approximate surface area is 257 Å². The summed E-state index contributed by atoms with van der Waals surface area (Å²) in [6, 6.07) is 0. The minimum Gasteiger partial charge on any atom is -0.389 e. The Kier molecular flexibility index (Phi) is 7.02. The summed E-state index contributed by atoms with van der Waals surface area (Å²) in [4.78, 5) is 0. The maximum atomic E-state index is 12.2. The number of hydrogen-bond acceptors (Lipinski definition) is 8. The maximum absolute atomic E-state index is 12.2. The fourth-order valence-electron chi connectivity index (χ4n) is 12.8. The lowest BCUT2D eigenvalue weighted by Gasteiger charge is -2.70. The minimum absolute atomic E-state index is 0.00701. The van der Waals surface area contributed by atoms with Gasteiger partial charge in [-0.15, -0.1) is 0 Å². The molecule has 8 nitrogen and oxygen atoms in total. The Morgan fingerprint density at radius 3 is 2.33 bits per heavy atom. The van der Waals surface area contributed by atoms with Crippen molar-refractivity contribution in [3.63, 3.8) is 0 Å². The molecule has 43 heavy (non-hydrogen) atoms. The molecule has 0 aromatic rings. The summed E-state index contributed by atoms with van der Waals surface area (Å²) in [7, 11) is 0. The third kappa shape index (κ3) is 3.96. The molecule has 0 aromatic carbocycles. The Morgan fingerprint density at radius 1 is 0.860 bits per heavy atom. The van der Waals surface area contributed by atoms with Gasteiger partial charge in [0.05, 0.1) is 31.5 Å². The van der Waals surface area contributed by atoms with E-state index < -0.39 is 36.0 Å². The van der Waals surface area contributed by atoms with Crippen molar-refractivity contribution in [3.8, 4) is 0 Å². The first-order chi connectivity index (χ1) is 20.0. The van der Waals surface area contributed by atoms with Gasteiger partial charge < -0.3 is 39.4 Å². The lowest BCUT2D eigenvalue weighted by Crippen LogP contribution is -2.68. The van der Waals surface area contributed by atoms with Gasteiger partial charge in [0.15, 0.2) is 12.1 Å². The van der Waals surface area contributed by atoms with E-state index in [1.807, 2.05) is 6.92 Å². The standard InChI is InChI=1S/C35H56O8/c1-19(2)14-20-15-41-35-17-34(18-42-35)21(28(35)33(20,7)39)8-9-24-31(5)12-11-25(30(3,4)23(31)10-13-32(24,34)6)43-29-27(38)26(37)22(36)16-40-29/h14,20-29,36-39H,8-13,15-18H2,1-7H3/t20-,21-,22+,23+,24-,25+,26+,27-,28+,29+,31+,32-,33+,34+,35-/m1/s1. The molecule has 3 aliphatic heterocycles. The van der Waals surface area contributed by atoms with Crippen LogP contribution in [-0.4, -0.2) is 82.3 Å². The molecule has 8 heteroatoms. The van der Waals surface area contributed by atoms with Gasteiger partial charge in [0.25, 0.3) is 0 Å². The molecule has 3 heterocycles. The van der Waals surface area contributed by atoms with Gasteiger partial charge >= 0.3 is 0 Å². The monoisotopic (exact) mass is 604 g/mol. The van der Waals surface area contributed by atoms with Gasteiger partial charge in [0.2, 0.25) is 0 Å². The van der Waals surface area contributed by atoms with Crippen LogP contribution in [0.1, 0.15) is 93.4 Å². The molecular weight excluding hydrogens is 548 g/mol. The molecule has 0 aromatic heterocycles. The van der Waals surface area contributed by atoms with Crippen molar-refractivity contribution >= 4 is 0 Å². The Hall–Kier alpha value is -0.580. The van der Waals surface area contributed by atoms with Crippen molar-refractivity contribution in [2.24, 2.45) is 51.2 Å². The summed E-state index contributed by atoms with van der Waals surface area (Å²) in [5.74, 6) is 0.607. The second-order valence-electron chi connectivity index (χ2n) is 17.3. The molecule has 4 saturated carbocycles. The van der Waals surface area contributed by atoms with Crippen LogP contribution in [0, 0.1) is 51.2 Å². The SMILES string of the molecule is CC(C)=C[C@@H]1CO[C@]23C[C@]4(CO2)[C@H](CC[C@@H]2[C@@]5(C)CC[C@H](O[C@@H]6OC[C@H](O)[C@H](O)[C@H]6O)C(C)(C)[C@@H]5CC[C@]24C)[C@H]3[C@@]1(C)O. The second-order valence-corrected chi connectivity index (χ2v) is 17.3. The quantitative estimate of drug-likeness (QED) is 0.280. The molecule has 4 aliphatic carbocycles. The molecule has 4 N–H and O–H groups in total. The highest BCUT2D eigenvalue weighted by Crippen LogP contribution is 2.80. The molecule has 7 rings (SSSR count). The van der Waals surface area contributed by atoms with E-state index in [1.165, 1.54) is 5.57 Å². The van der Waals surface area contributed by atoms with Crippen LogP contribution in [0.15, 0.2) is 11.6 Å². The van der Waals surface area contributed by atoms with E-state index in [0.717, 1.165) is 51.6 Å². The third-order valence-electron chi connectivity index (χ3n) is 14.8. The van der Waals surface area contributed by atoms with Crippen molar-refractivity contribution in [1.82, 2.24) is 0 Å². The first kappa shape index (κ1) is 31.0. The van der Waals surface area contributed by atoms with Crippen LogP contribution >= 0.6 is 0 Å². The molecule has 0 amide bonds. The summed E-state index contributed by atoms with van der Waals surface area (Å²) in [5, 5.41) is 43.0. The van der Waals surface area contributed by atoms with Crippen LogP contribution in [0.4, 0.5) is 0 Å². The van der Waals surface area contributed by atoms with Gasteiger partial charge in [0, 0.05) is 23.7 Å². The van der Waals surface area contributed by atoms with E-state index in [2.05, 4.69) is 47.6 Å². The van der Waals surface area contributed by atoms with E-state index in [9.17, 15) is 20.4 Å². The zero-order chi connectivity index (χ0) is 31.0. The third-order valence-corrected chi connectivity index (χ3v) is 14.8. The van der Waals surface area contributed by atoms with Gasteiger partial charge in [0.1, 0.15) is 18.3 Å². The van der Waals surface area contributed by atoms with Crippen molar-refractivity contribution in [1.29, 1.82) is 0 Å². The van der Waals surface area contributed by atoms with E-state index in [4.69, 9.17) is 18.9 Å².